The summed E-state index contributed by atoms with van der Waals surface area (Å²) < 4.78 is 0. The smallest absolute Gasteiger partial charge is 0.101 e. The minimum Gasteiger partial charge on any atom is -0.371 e. The molecule has 0 aromatic heterocycles. The van der Waals surface area contributed by atoms with Crippen LogP contribution in [0.5, 0.6) is 0 Å². The van der Waals surface area contributed by atoms with Crippen molar-refractivity contribution in [3.63, 3.8) is 0 Å². The maximum Gasteiger partial charge on any atom is 0.101 e. The summed E-state index contributed by atoms with van der Waals surface area (Å²) >= 11 is 3.45. The molecule has 20 heavy (non-hydrogen) atoms. The van der Waals surface area contributed by atoms with Gasteiger partial charge in [-0.3, -0.25) is 0 Å². The molecule has 0 N–H and O–H groups in total. The lowest BCUT2D eigenvalue weighted by Gasteiger charge is -2.36. The summed E-state index contributed by atoms with van der Waals surface area (Å²) in [5.74, 6) is 0.908. The van der Waals surface area contributed by atoms with Gasteiger partial charge in [0.1, 0.15) is 6.07 Å². The van der Waals surface area contributed by atoms with E-state index in [2.05, 4.69) is 53.0 Å². The number of alkyl halides is 1. The third kappa shape index (κ3) is 3.35. The van der Waals surface area contributed by atoms with Gasteiger partial charge >= 0.3 is 0 Å². The number of halogens is 1. The molecule has 0 unspecified atom stereocenters. The van der Waals surface area contributed by atoms with Gasteiger partial charge in [0, 0.05) is 18.4 Å². The second-order valence-electron chi connectivity index (χ2n) is 5.79. The van der Waals surface area contributed by atoms with Gasteiger partial charge in [-0.1, -0.05) is 35.3 Å². The second kappa shape index (κ2) is 7.13. The molecule has 1 aliphatic carbocycles. The first-order valence-corrected chi connectivity index (χ1v) is 8.63. The van der Waals surface area contributed by atoms with Gasteiger partial charge in [-0.25, -0.2) is 0 Å². The van der Waals surface area contributed by atoms with Crippen LogP contribution in [0.1, 0.15) is 50.2 Å². The number of hydrogen-bond acceptors (Lipinski definition) is 2. The number of nitriles is 1. The van der Waals surface area contributed by atoms with Crippen molar-refractivity contribution in [3.8, 4) is 6.07 Å². The summed E-state index contributed by atoms with van der Waals surface area (Å²) in [5.41, 5.74) is 3.03. The fourth-order valence-corrected chi connectivity index (χ4v) is 3.55. The molecule has 3 heteroatoms. The van der Waals surface area contributed by atoms with Crippen LogP contribution in [0.15, 0.2) is 18.2 Å². The molecule has 0 saturated heterocycles. The Morgan fingerprint density at radius 1 is 1.30 bits per heavy atom. The van der Waals surface area contributed by atoms with E-state index in [-0.39, 0.29) is 0 Å². The van der Waals surface area contributed by atoms with Gasteiger partial charge in [0.25, 0.3) is 0 Å². The lowest BCUT2D eigenvalue weighted by atomic mass is 9.84. The van der Waals surface area contributed by atoms with Gasteiger partial charge in [-0.15, -0.1) is 0 Å². The van der Waals surface area contributed by atoms with Crippen LogP contribution >= 0.6 is 15.9 Å². The zero-order valence-corrected chi connectivity index (χ0v) is 14.0. The van der Waals surface area contributed by atoms with Crippen molar-refractivity contribution in [3.05, 3.63) is 29.3 Å². The summed E-state index contributed by atoms with van der Waals surface area (Å²) in [5, 5.41) is 10.2. The van der Waals surface area contributed by atoms with E-state index < -0.39 is 0 Å². The van der Waals surface area contributed by atoms with E-state index in [1.807, 2.05) is 6.07 Å². The Bertz CT molecular complexity index is 484. The lowest BCUT2D eigenvalue weighted by molar-refractivity contribution is 0.313. The van der Waals surface area contributed by atoms with Gasteiger partial charge in [0.05, 0.1) is 11.3 Å². The third-order valence-corrected chi connectivity index (χ3v) is 5.30. The molecule has 1 fully saturated rings. The van der Waals surface area contributed by atoms with Crippen molar-refractivity contribution in [1.29, 1.82) is 5.26 Å². The predicted octanol–water partition coefficient (Wildman–Crippen LogP) is 4.86. The fourth-order valence-electron chi connectivity index (χ4n) is 3.20. The minimum absolute atomic E-state index is 0.583. The zero-order chi connectivity index (χ0) is 14.5. The van der Waals surface area contributed by atoms with Crippen LogP contribution in [0.25, 0.3) is 0 Å². The zero-order valence-electron chi connectivity index (χ0n) is 12.4. The monoisotopic (exact) mass is 334 g/mol. The molecule has 108 valence electrons. The topological polar surface area (TPSA) is 27.0 Å². The van der Waals surface area contributed by atoms with Crippen LogP contribution < -0.4 is 4.90 Å². The number of nitrogens with zero attached hydrogens (tertiary/aromatic N) is 2. The summed E-state index contributed by atoms with van der Waals surface area (Å²) in [4.78, 5) is 2.32. The normalized spacial score (nSPS) is 22.3. The van der Waals surface area contributed by atoms with Crippen LogP contribution in [0.2, 0.25) is 0 Å². The van der Waals surface area contributed by atoms with Crippen LogP contribution in [0.4, 0.5) is 5.69 Å². The number of benzene rings is 1. The molecule has 0 spiro atoms. The molecule has 0 radical (unpaired) electrons. The first-order valence-electron chi connectivity index (χ1n) is 7.51. The highest BCUT2D eigenvalue weighted by Gasteiger charge is 2.24. The molecular weight excluding hydrogens is 312 g/mol. The Balaban J connectivity index is 2.13. The van der Waals surface area contributed by atoms with Crippen LogP contribution in [-0.4, -0.2) is 13.1 Å². The van der Waals surface area contributed by atoms with Gasteiger partial charge in [-0.2, -0.15) is 5.26 Å². The average Bonchev–Trinajstić information content (AvgIpc) is 2.53. The molecule has 2 rings (SSSR count). The number of anilines is 1. The molecule has 1 saturated carbocycles. The van der Waals surface area contributed by atoms with E-state index in [4.69, 9.17) is 0 Å². The van der Waals surface area contributed by atoms with E-state index >= 15 is 0 Å². The maximum absolute atomic E-state index is 9.37. The van der Waals surface area contributed by atoms with Crippen molar-refractivity contribution in [2.75, 3.05) is 11.9 Å². The van der Waals surface area contributed by atoms with Gasteiger partial charge in [0.15, 0.2) is 0 Å². The molecule has 0 atom stereocenters. The van der Waals surface area contributed by atoms with Crippen molar-refractivity contribution in [2.45, 2.75) is 50.4 Å². The Morgan fingerprint density at radius 2 is 2.00 bits per heavy atom. The largest absolute Gasteiger partial charge is 0.371 e. The highest BCUT2D eigenvalue weighted by Crippen LogP contribution is 2.32. The molecule has 0 heterocycles. The molecule has 0 amide bonds. The Hall–Kier alpha value is -1.01. The fraction of sp³-hybridized carbons (Fsp3) is 0.588. The molecule has 2 nitrogen and oxygen atoms in total. The highest BCUT2D eigenvalue weighted by atomic mass is 79.9. The highest BCUT2D eigenvalue weighted by molar-refractivity contribution is 9.08. The Morgan fingerprint density at radius 3 is 2.55 bits per heavy atom. The quantitative estimate of drug-likeness (QED) is 0.735. The Kier molecular flexibility index (Phi) is 5.48. The predicted molar refractivity (Wildman–Crippen MR) is 88.2 cm³/mol. The van der Waals surface area contributed by atoms with Gasteiger partial charge < -0.3 is 4.90 Å². The molecule has 1 aromatic rings. The standard InChI is InChI=1S/C17H23BrN2/c1-3-13-4-7-16(8-5-13)20(2)17-9-6-14(11-18)10-15(17)12-19/h6,9-10,13,16H,3-5,7-8,11H2,1-2H3. The summed E-state index contributed by atoms with van der Waals surface area (Å²) in [7, 11) is 2.14. The molecule has 0 aliphatic heterocycles. The first-order chi connectivity index (χ1) is 9.69. The average molecular weight is 335 g/mol. The minimum atomic E-state index is 0.583. The van der Waals surface area contributed by atoms with E-state index in [0.29, 0.717) is 6.04 Å². The SMILES string of the molecule is CCC1CCC(N(C)c2ccc(CBr)cc2C#N)CC1. The summed E-state index contributed by atoms with van der Waals surface area (Å²) in [6, 6.07) is 9.14. The van der Waals surface area contributed by atoms with E-state index in [0.717, 1.165) is 28.1 Å². The molecule has 0 bridgehead atoms. The molecular formula is C17H23BrN2. The molecule has 1 aliphatic rings. The first kappa shape index (κ1) is 15.4. The van der Waals surface area contributed by atoms with E-state index in [1.165, 1.54) is 32.1 Å². The van der Waals surface area contributed by atoms with Crippen molar-refractivity contribution >= 4 is 21.6 Å². The van der Waals surface area contributed by atoms with E-state index in [1.54, 1.807) is 0 Å². The van der Waals surface area contributed by atoms with Crippen LogP contribution in [-0.2, 0) is 5.33 Å². The summed E-state index contributed by atoms with van der Waals surface area (Å²) in [6.07, 6.45) is 6.46. The van der Waals surface area contributed by atoms with Crippen molar-refractivity contribution in [1.82, 2.24) is 0 Å². The van der Waals surface area contributed by atoms with Crippen LogP contribution in [0.3, 0.4) is 0 Å². The molecule has 1 aromatic carbocycles. The van der Waals surface area contributed by atoms with Gasteiger partial charge in [-0.05, 0) is 49.3 Å². The van der Waals surface area contributed by atoms with E-state index in [9.17, 15) is 5.26 Å². The van der Waals surface area contributed by atoms with Gasteiger partial charge in [0.2, 0.25) is 0 Å². The van der Waals surface area contributed by atoms with Crippen molar-refractivity contribution in [2.24, 2.45) is 5.92 Å². The third-order valence-electron chi connectivity index (χ3n) is 4.66. The van der Waals surface area contributed by atoms with Crippen LogP contribution in [0, 0.1) is 17.2 Å². The lowest BCUT2D eigenvalue weighted by Crippen LogP contribution is -2.35. The second-order valence-corrected chi connectivity index (χ2v) is 6.35. The summed E-state index contributed by atoms with van der Waals surface area (Å²) in [6.45, 7) is 2.29. The number of hydrogen-bond donors (Lipinski definition) is 0. The Labute approximate surface area is 130 Å². The maximum atomic E-state index is 9.37. The number of rotatable bonds is 4. The van der Waals surface area contributed by atoms with Crippen molar-refractivity contribution < 1.29 is 0 Å².